The zero-order chi connectivity index (χ0) is 19.1. The van der Waals surface area contributed by atoms with Crippen molar-refractivity contribution < 1.29 is 14.3 Å². The van der Waals surface area contributed by atoms with E-state index < -0.39 is 5.25 Å². The summed E-state index contributed by atoms with van der Waals surface area (Å²) in [7, 11) is 1.58. The van der Waals surface area contributed by atoms with Gasteiger partial charge in [0, 0.05) is 17.8 Å². The van der Waals surface area contributed by atoms with Gasteiger partial charge in [0.15, 0.2) is 5.17 Å². The van der Waals surface area contributed by atoms with E-state index >= 15 is 0 Å². The van der Waals surface area contributed by atoms with Crippen LogP contribution >= 0.6 is 11.8 Å². The van der Waals surface area contributed by atoms with E-state index in [0.29, 0.717) is 22.5 Å². The molecule has 0 saturated carbocycles. The first-order valence-corrected chi connectivity index (χ1v) is 9.28. The number of carbonyl (C=O) groups is 2. The minimum absolute atomic E-state index is 0.0657. The molecule has 2 amide bonds. The monoisotopic (exact) mass is 376 g/mol. The average Bonchev–Trinajstić information content (AvgIpc) is 2.93. The molecule has 1 aliphatic heterocycles. The van der Waals surface area contributed by atoms with E-state index in [1.807, 2.05) is 6.92 Å². The maximum absolute atomic E-state index is 12.2. The topological polar surface area (TPSA) is 92.2 Å². The molecule has 1 aromatic carbocycles. The average molecular weight is 376 g/mol. The predicted octanol–water partition coefficient (Wildman–Crippen LogP) is 3.03. The van der Waals surface area contributed by atoms with Gasteiger partial charge in [-0.25, -0.2) is 0 Å². The Labute approximate surface area is 157 Å². The van der Waals surface area contributed by atoms with Crippen molar-refractivity contribution in [2.75, 3.05) is 12.4 Å². The largest absolute Gasteiger partial charge is 0.497 e. The van der Waals surface area contributed by atoms with Gasteiger partial charge >= 0.3 is 0 Å². The summed E-state index contributed by atoms with van der Waals surface area (Å²) in [5.74, 6) is 0.751. The molecule has 2 N–H and O–H groups in total. The molecule has 26 heavy (non-hydrogen) atoms. The van der Waals surface area contributed by atoms with E-state index in [0.717, 1.165) is 12.1 Å². The minimum Gasteiger partial charge on any atom is -0.497 e. The highest BCUT2D eigenvalue weighted by molar-refractivity contribution is 8.15. The highest BCUT2D eigenvalue weighted by Crippen LogP contribution is 2.23. The number of ether oxygens (including phenoxy) is 1. The number of nitrogens with zero attached hydrogens (tertiary/aromatic N) is 2. The molecule has 1 fully saturated rings. The van der Waals surface area contributed by atoms with Crippen LogP contribution < -0.4 is 15.4 Å². The first-order chi connectivity index (χ1) is 12.4. The molecule has 7 nitrogen and oxygen atoms in total. The number of amidine groups is 1. The normalized spacial score (nSPS) is 19.0. The summed E-state index contributed by atoms with van der Waals surface area (Å²) >= 11 is 1.23. The van der Waals surface area contributed by atoms with Crippen LogP contribution in [0.4, 0.5) is 5.69 Å². The van der Waals surface area contributed by atoms with Crippen LogP contribution in [0.2, 0.25) is 0 Å². The Balaban J connectivity index is 1.89. The Morgan fingerprint density at radius 3 is 2.65 bits per heavy atom. The molecule has 0 spiro atoms. The molecule has 1 atom stereocenters. The molecule has 0 radical (unpaired) electrons. The van der Waals surface area contributed by atoms with Crippen LogP contribution in [-0.4, -0.2) is 35.1 Å². The molecular formula is C18H24N4O3S. The number of methoxy groups -OCH3 is 1. The lowest BCUT2D eigenvalue weighted by Crippen LogP contribution is -2.28. The van der Waals surface area contributed by atoms with Gasteiger partial charge in [0.2, 0.25) is 11.8 Å². The number of hydrogen-bond donors (Lipinski definition) is 2. The summed E-state index contributed by atoms with van der Waals surface area (Å²) in [6, 6.07) is 7.01. The van der Waals surface area contributed by atoms with Crippen molar-refractivity contribution >= 4 is 40.1 Å². The fraction of sp³-hybridized carbons (Fsp3) is 0.444. The predicted molar refractivity (Wildman–Crippen MR) is 106 cm³/mol. The van der Waals surface area contributed by atoms with Crippen LogP contribution in [0.25, 0.3) is 0 Å². The van der Waals surface area contributed by atoms with E-state index in [4.69, 9.17) is 4.74 Å². The van der Waals surface area contributed by atoms with Crippen molar-refractivity contribution in [1.82, 2.24) is 5.32 Å². The lowest BCUT2D eigenvalue weighted by atomic mass is 10.1. The van der Waals surface area contributed by atoms with Crippen molar-refractivity contribution in [1.29, 1.82) is 0 Å². The van der Waals surface area contributed by atoms with Crippen LogP contribution in [0.3, 0.4) is 0 Å². The molecule has 0 bridgehead atoms. The number of carbonyl (C=O) groups excluding carboxylic acids is 2. The lowest BCUT2D eigenvalue weighted by molar-refractivity contribution is -0.122. The first kappa shape index (κ1) is 20.0. The van der Waals surface area contributed by atoms with Gasteiger partial charge in [0.05, 0.1) is 7.11 Å². The quantitative estimate of drug-likeness (QED) is 0.565. The molecule has 1 heterocycles. The number of anilines is 1. The van der Waals surface area contributed by atoms with Crippen molar-refractivity contribution in [3.05, 3.63) is 24.3 Å². The third-order valence-electron chi connectivity index (χ3n) is 3.54. The van der Waals surface area contributed by atoms with E-state index in [1.54, 1.807) is 31.4 Å². The van der Waals surface area contributed by atoms with Crippen LogP contribution in [0.15, 0.2) is 34.5 Å². The van der Waals surface area contributed by atoms with E-state index in [-0.39, 0.29) is 18.2 Å². The number of hydrogen-bond acceptors (Lipinski definition) is 6. The molecular weight excluding hydrogens is 352 g/mol. The van der Waals surface area contributed by atoms with Crippen molar-refractivity contribution in [2.45, 2.75) is 38.9 Å². The number of thioether (sulfide) groups is 1. The van der Waals surface area contributed by atoms with Crippen molar-refractivity contribution in [3.63, 3.8) is 0 Å². The van der Waals surface area contributed by atoms with Gasteiger partial charge in [-0.15, -0.1) is 5.10 Å². The Kier molecular flexibility index (Phi) is 7.20. The van der Waals surface area contributed by atoms with Gasteiger partial charge in [-0.3, -0.25) is 9.59 Å². The number of benzene rings is 1. The minimum atomic E-state index is -0.507. The van der Waals surface area contributed by atoms with Crippen LogP contribution in [0, 0.1) is 5.92 Å². The number of amides is 2. The highest BCUT2D eigenvalue weighted by Gasteiger charge is 2.32. The van der Waals surface area contributed by atoms with Crippen LogP contribution in [0.1, 0.15) is 33.6 Å². The Bertz CT molecular complexity index is 714. The van der Waals surface area contributed by atoms with Gasteiger partial charge in [-0.05, 0) is 43.5 Å². The fourth-order valence-corrected chi connectivity index (χ4v) is 3.32. The maximum atomic E-state index is 12.2. The van der Waals surface area contributed by atoms with Crippen molar-refractivity contribution in [3.8, 4) is 5.75 Å². The zero-order valence-corrected chi connectivity index (χ0v) is 16.2. The third kappa shape index (κ3) is 6.18. The van der Waals surface area contributed by atoms with E-state index in [1.165, 1.54) is 11.8 Å². The van der Waals surface area contributed by atoms with Gasteiger partial charge < -0.3 is 15.4 Å². The summed E-state index contributed by atoms with van der Waals surface area (Å²) in [6.45, 7) is 6.12. The van der Waals surface area contributed by atoms with Crippen molar-refractivity contribution in [2.24, 2.45) is 16.1 Å². The molecule has 0 aliphatic carbocycles. The molecule has 1 aromatic rings. The zero-order valence-electron chi connectivity index (χ0n) is 15.4. The first-order valence-electron chi connectivity index (χ1n) is 8.40. The Hall–Kier alpha value is -2.35. The van der Waals surface area contributed by atoms with Crippen LogP contribution in [0.5, 0.6) is 5.75 Å². The molecule has 1 unspecified atom stereocenters. The maximum Gasteiger partial charge on any atom is 0.240 e. The second-order valence-corrected chi connectivity index (χ2v) is 7.61. The highest BCUT2D eigenvalue weighted by atomic mass is 32.2. The summed E-state index contributed by atoms with van der Waals surface area (Å²) in [4.78, 5) is 24.2. The number of rotatable bonds is 7. The fourth-order valence-electron chi connectivity index (χ4n) is 2.40. The van der Waals surface area contributed by atoms with Gasteiger partial charge in [0.25, 0.3) is 0 Å². The summed E-state index contributed by atoms with van der Waals surface area (Å²) < 4.78 is 5.08. The van der Waals surface area contributed by atoms with Gasteiger partial charge in [0.1, 0.15) is 11.0 Å². The van der Waals surface area contributed by atoms with Gasteiger partial charge in [-0.1, -0.05) is 25.6 Å². The molecule has 2 rings (SSSR count). The molecule has 1 aliphatic rings. The van der Waals surface area contributed by atoms with E-state index in [2.05, 4.69) is 34.7 Å². The molecule has 140 valence electrons. The summed E-state index contributed by atoms with van der Waals surface area (Å²) in [5.41, 5.74) is 1.56. The van der Waals surface area contributed by atoms with E-state index in [9.17, 15) is 9.59 Å². The Morgan fingerprint density at radius 1 is 1.35 bits per heavy atom. The van der Waals surface area contributed by atoms with Gasteiger partial charge in [-0.2, -0.15) is 5.10 Å². The SMILES string of the molecule is COc1ccc(NC(=O)CC2S/C(=N/N=C(/C)CC(C)C)NC2=O)cc1. The summed E-state index contributed by atoms with van der Waals surface area (Å²) in [5, 5.41) is 13.6. The smallest absolute Gasteiger partial charge is 0.240 e. The second kappa shape index (κ2) is 9.38. The third-order valence-corrected chi connectivity index (χ3v) is 4.61. The molecule has 0 aromatic heterocycles. The molecule has 1 saturated heterocycles. The Morgan fingerprint density at radius 2 is 2.04 bits per heavy atom. The second-order valence-electron chi connectivity index (χ2n) is 6.41. The summed E-state index contributed by atoms with van der Waals surface area (Å²) in [6.07, 6.45) is 0.916. The molecule has 8 heteroatoms. The standard InChI is InChI=1S/C18H24N4O3S/c1-11(2)9-12(3)21-22-18-20-17(24)15(26-18)10-16(23)19-13-5-7-14(25-4)8-6-13/h5-8,11,15H,9-10H2,1-4H3,(H,19,23)(H,20,22,24)/b21-12-. The number of nitrogens with one attached hydrogen (secondary N) is 2. The lowest BCUT2D eigenvalue weighted by Gasteiger charge is -2.08. The van der Waals surface area contributed by atoms with Crippen LogP contribution in [-0.2, 0) is 9.59 Å².